The molecular formula is C24H22I2N2O4. The monoisotopic (exact) mass is 656 g/mol. The molecule has 32 heavy (non-hydrogen) atoms. The van der Waals surface area contributed by atoms with Gasteiger partial charge in [-0.1, -0.05) is 29.8 Å². The summed E-state index contributed by atoms with van der Waals surface area (Å²) in [4.78, 5) is 12.4. The van der Waals surface area contributed by atoms with Crippen molar-refractivity contribution >= 4 is 57.3 Å². The second kappa shape index (κ2) is 11.5. The third kappa shape index (κ3) is 6.35. The van der Waals surface area contributed by atoms with Crippen LogP contribution in [0.4, 0.5) is 0 Å². The van der Waals surface area contributed by atoms with Crippen LogP contribution >= 0.6 is 45.2 Å². The average molecular weight is 656 g/mol. The van der Waals surface area contributed by atoms with Crippen molar-refractivity contribution in [2.45, 2.75) is 13.5 Å². The van der Waals surface area contributed by atoms with Gasteiger partial charge < -0.3 is 14.2 Å². The van der Waals surface area contributed by atoms with E-state index in [1.165, 1.54) is 5.56 Å². The van der Waals surface area contributed by atoms with E-state index < -0.39 is 0 Å². The molecule has 6 nitrogen and oxygen atoms in total. The van der Waals surface area contributed by atoms with Crippen LogP contribution in [0, 0.1) is 14.1 Å². The maximum Gasteiger partial charge on any atom is 0.271 e. The van der Waals surface area contributed by atoms with Gasteiger partial charge in [0, 0.05) is 5.56 Å². The summed E-state index contributed by atoms with van der Waals surface area (Å²) < 4.78 is 18.6. The molecule has 0 spiro atoms. The van der Waals surface area contributed by atoms with Gasteiger partial charge in [-0.3, -0.25) is 4.79 Å². The van der Waals surface area contributed by atoms with Crippen LogP contribution in [0.5, 0.6) is 17.2 Å². The number of carbonyl (C=O) groups is 1. The number of methoxy groups -OCH3 is 2. The second-order valence-electron chi connectivity index (χ2n) is 6.86. The second-order valence-corrected chi connectivity index (χ2v) is 9.18. The lowest BCUT2D eigenvalue weighted by molar-refractivity contribution is 0.0954. The van der Waals surface area contributed by atoms with E-state index in [0.29, 0.717) is 29.4 Å². The smallest absolute Gasteiger partial charge is 0.271 e. The zero-order valence-corrected chi connectivity index (χ0v) is 22.1. The Morgan fingerprint density at radius 1 is 1.00 bits per heavy atom. The predicted octanol–water partition coefficient (Wildman–Crippen LogP) is 5.56. The molecule has 1 N–H and O–H groups in total. The third-order valence-corrected chi connectivity index (χ3v) is 6.20. The Hall–Kier alpha value is -2.34. The zero-order valence-electron chi connectivity index (χ0n) is 17.8. The van der Waals surface area contributed by atoms with Crippen LogP contribution in [-0.4, -0.2) is 26.3 Å². The molecule has 166 valence electrons. The lowest BCUT2D eigenvalue weighted by Gasteiger charge is -2.14. The Kier molecular flexibility index (Phi) is 8.74. The van der Waals surface area contributed by atoms with Gasteiger partial charge in [-0.15, -0.1) is 0 Å². The van der Waals surface area contributed by atoms with Gasteiger partial charge in [0.2, 0.25) is 0 Å². The highest BCUT2D eigenvalue weighted by Gasteiger charge is 2.12. The number of amides is 1. The first-order valence-corrected chi connectivity index (χ1v) is 11.8. The minimum atomic E-state index is -0.323. The molecule has 0 bridgehead atoms. The van der Waals surface area contributed by atoms with E-state index in [0.717, 1.165) is 18.3 Å². The number of ether oxygens (including phenoxy) is 3. The number of nitrogens with zero attached hydrogens (tertiary/aromatic N) is 1. The van der Waals surface area contributed by atoms with Crippen LogP contribution in [0.15, 0.2) is 59.7 Å². The van der Waals surface area contributed by atoms with Crippen molar-refractivity contribution in [2.75, 3.05) is 14.2 Å². The average Bonchev–Trinajstić information content (AvgIpc) is 2.78. The van der Waals surface area contributed by atoms with E-state index in [9.17, 15) is 4.79 Å². The van der Waals surface area contributed by atoms with Gasteiger partial charge in [-0.2, -0.15) is 5.10 Å². The van der Waals surface area contributed by atoms with Crippen LogP contribution in [-0.2, 0) is 6.61 Å². The lowest BCUT2D eigenvalue weighted by Crippen LogP contribution is -2.17. The maximum absolute atomic E-state index is 12.4. The molecule has 0 aliphatic heterocycles. The molecule has 0 radical (unpaired) electrons. The van der Waals surface area contributed by atoms with Crippen LogP contribution < -0.4 is 19.6 Å². The van der Waals surface area contributed by atoms with E-state index in [-0.39, 0.29) is 5.91 Å². The number of benzene rings is 3. The number of nitrogens with one attached hydrogen (secondary N) is 1. The SMILES string of the molecule is COc1cc(C(=O)N/N=C\c2cc(I)c(OCc3cccc(C)c3)c(OC)c2)ccc1I. The van der Waals surface area contributed by atoms with Crippen molar-refractivity contribution in [1.82, 2.24) is 5.43 Å². The van der Waals surface area contributed by atoms with E-state index in [1.54, 1.807) is 32.6 Å². The minimum Gasteiger partial charge on any atom is -0.496 e. The van der Waals surface area contributed by atoms with Crippen molar-refractivity contribution in [3.8, 4) is 17.2 Å². The summed E-state index contributed by atoms with van der Waals surface area (Å²) in [7, 11) is 3.17. The van der Waals surface area contributed by atoms with Gasteiger partial charge in [0.1, 0.15) is 12.4 Å². The van der Waals surface area contributed by atoms with Crippen molar-refractivity contribution < 1.29 is 19.0 Å². The van der Waals surface area contributed by atoms with E-state index in [4.69, 9.17) is 14.2 Å². The van der Waals surface area contributed by atoms with Crippen molar-refractivity contribution in [3.05, 3.63) is 84.0 Å². The highest BCUT2D eigenvalue weighted by Crippen LogP contribution is 2.34. The molecular weight excluding hydrogens is 634 g/mol. The molecule has 0 atom stereocenters. The normalized spacial score (nSPS) is 10.8. The summed E-state index contributed by atoms with van der Waals surface area (Å²) in [5, 5.41) is 4.08. The first-order valence-electron chi connectivity index (χ1n) is 9.64. The fourth-order valence-corrected chi connectivity index (χ4v) is 4.28. The van der Waals surface area contributed by atoms with Gasteiger partial charge in [0.25, 0.3) is 5.91 Å². The summed E-state index contributed by atoms with van der Waals surface area (Å²) in [5.74, 6) is 1.58. The third-order valence-electron chi connectivity index (χ3n) is 4.51. The number of hydrogen-bond donors (Lipinski definition) is 1. The van der Waals surface area contributed by atoms with E-state index in [2.05, 4.69) is 74.8 Å². The van der Waals surface area contributed by atoms with Crippen molar-refractivity contribution in [3.63, 3.8) is 0 Å². The van der Waals surface area contributed by atoms with Crippen LogP contribution in [0.25, 0.3) is 0 Å². The number of hydrogen-bond acceptors (Lipinski definition) is 5. The molecule has 0 aromatic heterocycles. The number of aryl methyl sites for hydroxylation is 1. The summed E-state index contributed by atoms with van der Waals surface area (Å²) in [6.07, 6.45) is 1.57. The Bertz CT molecular complexity index is 1150. The molecule has 0 saturated carbocycles. The molecule has 0 heterocycles. The van der Waals surface area contributed by atoms with Gasteiger partial charge >= 0.3 is 0 Å². The molecule has 0 saturated heterocycles. The minimum absolute atomic E-state index is 0.323. The summed E-state index contributed by atoms with van der Waals surface area (Å²) in [5.41, 5.74) is 6.05. The molecule has 3 rings (SSSR count). The van der Waals surface area contributed by atoms with E-state index in [1.807, 2.05) is 30.3 Å². The Labute approximate surface area is 214 Å². The number of hydrazone groups is 1. The first-order chi connectivity index (χ1) is 15.4. The first kappa shape index (κ1) is 24.3. The van der Waals surface area contributed by atoms with Crippen molar-refractivity contribution in [1.29, 1.82) is 0 Å². The van der Waals surface area contributed by atoms with Gasteiger partial charge in [0.15, 0.2) is 11.5 Å². The molecule has 3 aromatic carbocycles. The summed E-state index contributed by atoms with van der Waals surface area (Å²) in [6, 6.07) is 17.1. The van der Waals surface area contributed by atoms with Gasteiger partial charge in [0.05, 0.1) is 27.6 Å². The van der Waals surface area contributed by atoms with Crippen LogP contribution in [0.1, 0.15) is 27.0 Å². The highest BCUT2D eigenvalue weighted by molar-refractivity contribution is 14.1. The fourth-order valence-electron chi connectivity index (χ4n) is 2.94. The number of rotatable bonds is 8. The van der Waals surface area contributed by atoms with Gasteiger partial charge in [-0.25, -0.2) is 5.43 Å². The standard InChI is InChI=1S/C24H22I2N2O4/c1-15-5-4-6-16(9-15)14-32-23-20(26)10-17(11-22(23)31-3)13-27-28-24(29)18-7-8-19(25)21(12-18)30-2/h4-13H,14H2,1-3H3,(H,28,29)/b27-13-. The Balaban J connectivity index is 1.69. The topological polar surface area (TPSA) is 69.2 Å². The quantitative estimate of drug-likeness (QED) is 0.196. The molecule has 0 aliphatic rings. The summed E-state index contributed by atoms with van der Waals surface area (Å²) >= 11 is 4.35. The summed E-state index contributed by atoms with van der Waals surface area (Å²) in [6.45, 7) is 2.49. The van der Waals surface area contributed by atoms with Gasteiger partial charge in [-0.05, 0) is 93.6 Å². The Morgan fingerprint density at radius 3 is 2.50 bits per heavy atom. The molecule has 0 unspecified atom stereocenters. The molecule has 0 fully saturated rings. The zero-order chi connectivity index (χ0) is 23.1. The molecule has 8 heteroatoms. The highest BCUT2D eigenvalue weighted by atomic mass is 127. The molecule has 0 aliphatic carbocycles. The molecule has 1 amide bonds. The predicted molar refractivity (Wildman–Crippen MR) is 142 cm³/mol. The number of halogens is 2. The largest absolute Gasteiger partial charge is 0.496 e. The maximum atomic E-state index is 12.4. The van der Waals surface area contributed by atoms with E-state index >= 15 is 0 Å². The van der Waals surface area contributed by atoms with Crippen LogP contribution in [0.3, 0.4) is 0 Å². The Morgan fingerprint density at radius 2 is 1.78 bits per heavy atom. The van der Waals surface area contributed by atoms with Crippen molar-refractivity contribution in [2.24, 2.45) is 5.10 Å². The molecule has 3 aromatic rings. The number of carbonyl (C=O) groups excluding carboxylic acids is 1. The lowest BCUT2D eigenvalue weighted by atomic mass is 10.1. The fraction of sp³-hybridized carbons (Fsp3) is 0.167. The van der Waals surface area contributed by atoms with Crippen LogP contribution in [0.2, 0.25) is 0 Å².